The monoisotopic (exact) mass is 270 g/mol. The van der Waals surface area contributed by atoms with Gasteiger partial charge in [0.25, 0.3) is 0 Å². The van der Waals surface area contributed by atoms with E-state index in [1.165, 1.54) is 0 Å². The zero-order chi connectivity index (χ0) is 11.0. The lowest BCUT2D eigenvalue weighted by atomic mass is 10.2. The number of aryl methyl sites for hydroxylation is 2. The summed E-state index contributed by atoms with van der Waals surface area (Å²) in [5.74, 6) is 0. The molecule has 6 heteroatoms. The zero-order valence-corrected chi connectivity index (χ0v) is 10.0. The number of hydrogen-bond acceptors (Lipinski definition) is 3. The number of rotatable bonds is 2. The van der Waals surface area contributed by atoms with E-state index in [0.29, 0.717) is 0 Å². The van der Waals surface area contributed by atoms with E-state index in [2.05, 4.69) is 26.1 Å². The molecule has 2 aromatic heterocycles. The molecule has 1 unspecified atom stereocenters. The molecule has 1 N–H and O–H groups in total. The van der Waals surface area contributed by atoms with Crippen molar-refractivity contribution in [3.8, 4) is 0 Å². The second-order valence-corrected chi connectivity index (χ2v) is 4.14. The van der Waals surface area contributed by atoms with Crippen molar-refractivity contribution in [1.29, 1.82) is 0 Å². The van der Waals surface area contributed by atoms with Gasteiger partial charge in [0.05, 0.1) is 22.1 Å². The van der Waals surface area contributed by atoms with Crippen molar-refractivity contribution in [2.45, 2.75) is 6.10 Å². The Kier molecular flexibility index (Phi) is 2.62. The Balaban J connectivity index is 2.45. The van der Waals surface area contributed by atoms with Gasteiger partial charge in [0, 0.05) is 20.3 Å². The lowest BCUT2D eigenvalue weighted by Crippen LogP contribution is -2.11. The molecule has 2 aromatic rings. The van der Waals surface area contributed by atoms with E-state index < -0.39 is 6.10 Å². The van der Waals surface area contributed by atoms with Crippen molar-refractivity contribution in [3.05, 3.63) is 34.3 Å². The van der Waals surface area contributed by atoms with Crippen LogP contribution in [0.25, 0.3) is 0 Å². The van der Waals surface area contributed by atoms with E-state index in [9.17, 15) is 5.11 Å². The molecule has 0 aliphatic carbocycles. The maximum absolute atomic E-state index is 10.2. The summed E-state index contributed by atoms with van der Waals surface area (Å²) in [6, 6.07) is 1.78. The minimum absolute atomic E-state index is 0.721. The minimum atomic E-state index is -0.723. The predicted molar refractivity (Wildman–Crippen MR) is 58.2 cm³/mol. The maximum atomic E-state index is 10.2. The molecule has 0 spiro atoms. The molecule has 0 bridgehead atoms. The molecule has 2 rings (SSSR count). The molecule has 5 nitrogen and oxygen atoms in total. The van der Waals surface area contributed by atoms with Gasteiger partial charge in [-0.15, -0.1) is 0 Å². The van der Waals surface area contributed by atoms with E-state index in [-0.39, 0.29) is 0 Å². The molecule has 0 fully saturated rings. The molecular weight excluding hydrogens is 260 g/mol. The van der Waals surface area contributed by atoms with Crippen LogP contribution < -0.4 is 0 Å². The van der Waals surface area contributed by atoms with E-state index >= 15 is 0 Å². The first kappa shape index (κ1) is 10.4. The average molecular weight is 271 g/mol. The van der Waals surface area contributed by atoms with Gasteiger partial charge in [0.2, 0.25) is 0 Å². The standard InChI is InChI=1S/C9H11BrN4O/c1-13-7(3-4-11-13)9(15)8-6(10)5-12-14(8)2/h3-5,9,15H,1-2H3. The fraction of sp³-hybridized carbons (Fsp3) is 0.333. The Bertz CT molecular complexity index is 457. The topological polar surface area (TPSA) is 55.9 Å². The highest BCUT2D eigenvalue weighted by molar-refractivity contribution is 9.10. The van der Waals surface area contributed by atoms with Crippen LogP contribution >= 0.6 is 15.9 Å². The van der Waals surface area contributed by atoms with Crippen LogP contribution in [0.4, 0.5) is 0 Å². The van der Waals surface area contributed by atoms with Crippen LogP contribution in [-0.2, 0) is 14.1 Å². The van der Waals surface area contributed by atoms with Crippen LogP contribution in [0.15, 0.2) is 22.9 Å². The van der Waals surface area contributed by atoms with Gasteiger partial charge >= 0.3 is 0 Å². The van der Waals surface area contributed by atoms with Crippen LogP contribution in [0.1, 0.15) is 17.5 Å². The summed E-state index contributed by atoms with van der Waals surface area (Å²) in [6.07, 6.45) is 2.59. The Labute approximate surface area is 95.5 Å². The molecule has 2 heterocycles. The molecule has 0 aliphatic heterocycles. The van der Waals surface area contributed by atoms with Gasteiger partial charge in [0.1, 0.15) is 6.10 Å². The summed E-state index contributed by atoms with van der Waals surface area (Å²) in [4.78, 5) is 0. The van der Waals surface area contributed by atoms with Gasteiger partial charge in [-0.3, -0.25) is 9.36 Å². The average Bonchev–Trinajstić information content (AvgIpc) is 2.73. The summed E-state index contributed by atoms with van der Waals surface area (Å²) in [5, 5.41) is 18.2. The molecule has 0 saturated heterocycles. The molecule has 0 amide bonds. The minimum Gasteiger partial charge on any atom is -0.380 e. The van der Waals surface area contributed by atoms with Gasteiger partial charge in [-0.25, -0.2) is 0 Å². The number of aliphatic hydroxyl groups excluding tert-OH is 1. The number of halogens is 1. The Hall–Kier alpha value is -1.14. The first-order valence-corrected chi connectivity index (χ1v) is 5.24. The summed E-state index contributed by atoms with van der Waals surface area (Å²) in [6.45, 7) is 0. The number of aromatic nitrogens is 4. The number of hydrogen-bond donors (Lipinski definition) is 1. The summed E-state index contributed by atoms with van der Waals surface area (Å²) < 4.78 is 4.07. The number of aliphatic hydroxyl groups is 1. The van der Waals surface area contributed by atoms with Crippen molar-refractivity contribution >= 4 is 15.9 Å². The molecule has 1 atom stereocenters. The first-order valence-electron chi connectivity index (χ1n) is 4.44. The SMILES string of the molecule is Cn1nccc1C(O)c1c(Br)cnn1C. The van der Waals surface area contributed by atoms with Crippen LogP contribution in [0.3, 0.4) is 0 Å². The summed E-state index contributed by atoms with van der Waals surface area (Å²) >= 11 is 3.35. The highest BCUT2D eigenvalue weighted by Crippen LogP contribution is 2.27. The van der Waals surface area contributed by atoms with Crippen molar-refractivity contribution in [2.24, 2.45) is 14.1 Å². The van der Waals surface area contributed by atoms with Crippen molar-refractivity contribution < 1.29 is 5.11 Å². The van der Waals surface area contributed by atoms with E-state index in [1.807, 2.05) is 0 Å². The Morgan fingerprint density at radius 1 is 1.33 bits per heavy atom. The van der Waals surface area contributed by atoms with Gasteiger partial charge in [-0.1, -0.05) is 0 Å². The fourth-order valence-corrected chi connectivity index (χ4v) is 2.09. The van der Waals surface area contributed by atoms with Crippen LogP contribution in [-0.4, -0.2) is 24.7 Å². The Morgan fingerprint density at radius 2 is 2.07 bits per heavy atom. The molecule has 80 valence electrons. The smallest absolute Gasteiger partial charge is 0.138 e. The molecule has 0 radical (unpaired) electrons. The van der Waals surface area contributed by atoms with Crippen LogP contribution in [0.2, 0.25) is 0 Å². The first-order chi connectivity index (χ1) is 7.11. The predicted octanol–water partition coefficient (Wildman–Crippen LogP) is 0.998. The zero-order valence-electron chi connectivity index (χ0n) is 8.42. The second kappa shape index (κ2) is 3.79. The maximum Gasteiger partial charge on any atom is 0.138 e. The third kappa shape index (κ3) is 1.70. The highest BCUT2D eigenvalue weighted by Gasteiger charge is 2.20. The molecular formula is C9H11BrN4O. The van der Waals surface area contributed by atoms with E-state index in [1.54, 1.807) is 41.9 Å². The van der Waals surface area contributed by atoms with Gasteiger partial charge in [-0.05, 0) is 22.0 Å². The lowest BCUT2D eigenvalue weighted by molar-refractivity contribution is 0.199. The summed E-state index contributed by atoms with van der Waals surface area (Å²) in [5.41, 5.74) is 1.46. The quantitative estimate of drug-likeness (QED) is 0.886. The summed E-state index contributed by atoms with van der Waals surface area (Å²) in [7, 11) is 3.59. The van der Waals surface area contributed by atoms with Crippen LogP contribution in [0.5, 0.6) is 0 Å². The highest BCUT2D eigenvalue weighted by atomic mass is 79.9. The van der Waals surface area contributed by atoms with Crippen molar-refractivity contribution in [1.82, 2.24) is 19.6 Å². The third-order valence-corrected chi connectivity index (χ3v) is 2.95. The van der Waals surface area contributed by atoms with E-state index in [4.69, 9.17) is 0 Å². The molecule has 0 saturated carbocycles. The van der Waals surface area contributed by atoms with Crippen LogP contribution in [0, 0.1) is 0 Å². The molecule has 15 heavy (non-hydrogen) atoms. The normalized spacial score (nSPS) is 13.1. The lowest BCUT2D eigenvalue weighted by Gasteiger charge is -2.12. The van der Waals surface area contributed by atoms with Crippen molar-refractivity contribution in [2.75, 3.05) is 0 Å². The third-order valence-electron chi connectivity index (χ3n) is 2.34. The molecule has 0 aliphatic rings. The van der Waals surface area contributed by atoms with Gasteiger partial charge < -0.3 is 5.11 Å². The van der Waals surface area contributed by atoms with Gasteiger partial charge in [0.15, 0.2) is 0 Å². The van der Waals surface area contributed by atoms with Gasteiger partial charge in [-0.2, -0.15) is 10.2 Å². The van der Waals surface area contributed by atoms with Crippen molar-refractivity contribution in [3.63, 3.8) is 0 Å². The fourth-order valence-electron chi connectivity index (χ4n) is 1.52. The number of nitrogens with zero attached hydrogens (tertiary/aromatic N) is 4. The second-order valence-electron chi connectivity index (χ2n) is 3.28. The largest absolute Gasteiger partial charge is 0.380 e. The Morgan fingerprint density at radius 3 is 2.53 bits per heavy atom. The van der Waals surface area contributed by atoms with E-state index in [0.717, 1.165) is 15.9 Å². The molecule has 0 aromatic carbocycles.